The normalized spacial score (nSPS) is 17.9. The zero-order chi connectivity index (χ0) is 27.1. The molecule has 3 heterocycles. The van der Waals surface area contributed by atoms with Crippen LogP contribution >= 0.6 is 0 Å². The molecule has 37 heavy (non-hydrogen) atoms. The lowest BCUT2D eigenvalue weighted by atomic mass is 9.78. The van der Waals surface area contributed by atoms with Gasteiger partial charge < -0.3 is 20.6 Å². The number of carbonyl (C=O) groups is 3. The summed E-state index contributed by atoms with van der Waals surface area (Å²) in [5.74, 6) is -0.0585. The van der Waals surface area contributed by atoms with Gasteiger partial charge in [-0.3, -0.25) is 9.59 Å². The predicted molar refractivity (Wildman–Crippen MR) is 145 cm³/mol. The number of carbonyl (C=O) groups excluding carboxylic acids is 2. The summed E-state index contributed by atoms with van der Waals surface area (Å²) in [5.41, 5.74) is 1.34. The molecule has 1 unspecified atom stereocenters. The molecule has 2 amide bonds. The molecule has 1 fully saturated rings. The van der Waals surface area contributed by atoms with Crippen molar-refractivity contribution in [1.82, 2.24) is 15.2 Å². The molecule has 206 valence electrons. The van der Waals surface area contributed by atoms with Gasteiger partial charge in [0.2, 0.25) is 11.8 Å². The highest BCUT2D eigenvalue weighted by atomic mass is 16.4. The van der Waals surface area contributed by atoms with E-state index >= 15 is 0 Å². The summed E-state index contributed by atoms with van der Waals surface area (Å²) >= 11 is 0. The SMILES string of the molecule is CC(C)(C)C(=O)N1CCC(C)(C(=O)NC(CCCCCCCc2ccc3c(n2)NCCC3)C(=O)O)CC1. The van der Waals surface area contributed by atoms with Crippen molar-refractivity contribution in [2.24, 2.45) is 10.8 Å². The van der Waals surface area contributed by atoms with E-state index in [4.69, 9.17) is 4.98 Å². The van der Waals surface area contributed by atoms with Crippen LogP contribution in [0.3, 0.4) is 0 Å². The second kappa shape index (κ2) is 12.7. The molecule has 8 nitrogen and oxygen atoms in total. The fourth-order valence-electron chi connectivity index (χ4n) is 5.19. The number of hydrogen-bond acceptors (Lipinski definition) is 5. The summed E-state index contributed by atoms with van der Waals surface area (Å²) in [6, 6.07) is 3.46. The number of fused-ring (bicyclic) bond motifs is 1. The fraction of sp³-hybridized carbons (Fsp3) is 0.724. The third-order valence-electron chi connectivity index (χ3n) is 7.82. The lowest BCUT2D eigenvalue weighted by Crippen LogP contribution is -2.53. The number of aryl methyl sites for hydroxylation is 2. The summed E-state index contributed by atoms with van der Waals surface area (Å²) < 4.78 is 0. The van der Waals surface area contributed by atoms with Crippen molar-refractivity contribution >= 4 is 23.6 Å². The van der Waals surface area contributed by atoms with E-state index in [0.717, 1.165) is 63.0 Å². The maximum atomic E-state index is 13.0. The highest BCUT2D eigenvalue weighted by Gasteiger charge is 2.41. The minimum atomic E-state index is -0.982. The Balaban J connectivity index is 1.34. The van der Waals surface area contributed by atoms with Crippen LogP contribution in [0.25, 0.3) is 0 Å². The van der Waals surface area contributed by atoms with Gasteiger partial charge in [0.05, 0.1) is 0 Å². The van der Waals surface area contributed by atoms with Crippen molar-refractivity contribution in [3.63, 3.8) is 0 Å². The second-order valence-electron chi connectivity index (χ2n) is 12.1. The number of nitrogens with one attached hydrogen (secondary N) is 2. The highest BCUT2D eigenvalue weighted by molar-refractivity contribution is 5.88. The van der Waals surface area contributed by atoms with Crippen LogP contribution in [0.2, 0.25) is 0 Å². The topological polar surface area (TPSA) is 112 Å². The first-order chi connectivity index (χ1) is 17.5. The van der Waals surface area contributed by atoms with Crippen LogP contribution < -0.4 is 10.6 Å². The number of aliphatic carboxylic acids is 1. The molecule has 0 bridgehead atoms. The van der Waals surface area contributed by atoms with E-state index in [2.05, 4.69) is 22.8 Å². The van der Waals surface area contributed by atoms with Crippen molar-refractivity contribution in [2.75, 3.05) is 25.0 Å². The van der Waals surface area contributed by atoms with E-state index < -0.39 is 22.8 Å². The number of hydrogen-bond donors (Lipinski definition) is 3. The van der Waals surface area contributed by atoms with E-state index in [1.54, 1.807) is 0 Å². The van der Waals surface area contributed by atoms with Gasteiger partial charge in [-0.2, -0.15) is 0 Å². The number of amides is 2. The Morgan fingerprint density at radius 2 is 1.78 bits per heavy atom. The minimum absolute atomic E-state index is 0.0920. The smallest absolute Gasteiger partial charge is 0.326 e. The number of rotatable bonds is 11. The number of carboxylic acids is 1. The molecule has 1 atom stereocenters. The molecule has 0 aliphatic carbocycles. The third kappa shape index (κ3) is 8.17. The predicted octanol–water partition coefficient (Wildman–Crippen LogP) is 4.57. The zero-order valence-electron chi connectivity index (χ0n) is 23.2. The summed E-state index contributed by atoms with van der Waals surface area (Å²) in [6.07, 6.45) is 9.65. The van der Waals surface area contributed by atoms with Gasteiger partial charge in [0.15, 0.2) is 0 Å². The van der Waals surface area contributed by atoms with Crippen molar-refractivity contribution in [3.05, 3.63) is 23.4 Å². The van der Waals surface area contributed by atoms with Crippen LogP contribution in [0.5, 0.6) is 0 Å². The van der Waals surface area contributed by atoms with Crippen molar-refractivity contribution in [1.29, 1.82) is 0 Å². The Kier molecular flexibility index (Phi) is 9.96. The van der Waals surface area contributed by atoms with Crippen molar-refractivity contribution in [3.8, 4) is 0 Å². The number of piperidine rings is 1. The molecule has 3 N–H and O–H groups in total. The molecule has 0 spiro atoms. The van der Waals surface area contributed by atoms with E-state index in [0.29, 0.717) is 32.4 Å². The van der Waals surface area contributed by atoms with E-state index in [1.165, 1.54) is 12.0 Å². The molecule has 0 aromatic carbocycles. The first kappa shape index (κ1) is 28.9. The summed E-state index contributed by atoms with van der Waals surface area (Å²) in [5, 5.41) is 15.9. The molecule has 1 aromatic heterocycles. The molecular weight excluding hydrogens is 468 g/mol. The molecule has 3 rings (SSSR count). The van der Waals surface area contributed by atoms with E-state index in [1.807, 2.05) is 32.6 Å². The quantitative estimate of drug-likeness (QED) is 0.373. The molecular formula is C29H46N4O4. The molecule has 1 saturated heterocycles. The van der Waals surface area contributed by atoms with Crippen LogP contribution in [0.15, 0.2) is 12.1 Å². The van der Waals surface area contributed by atoms with Crippen LogP contribution in [0.4, 0.5) is 5.82 Å². The first-order valence-electron chi connectivity index (χ1n) is 14.1. The van der Waals surface area contributed by atoms with Gasteiger partial charge in [-0.05, 0) is 56.6 Å². The van der Waals surface area contributed by atoms with Crippen molar-refractivity contribution < 1.29 is 19.5 Å². The average Bonchev–Trinajstić information content (AvgIpc) is 2.86. The van der Waals surface area contributed by atoms with Gasteiger partial charge in [0.1, 0.15) is 11.9 Å². The van der Waals surface area contributed by atoms with Gasteiger partial charge in [-0.25, -0.2) is 9.78 Å². The Bertz CT molecular complexity index is 948. The molecule has 1 aromatic rings. The molecule has 0 radical (unpaired) electrons. The monoisotopic (exact) mass is 514 g/mol. The maximum absolute atomic E-state index is 13.0. The fourth-order valence-corrected chi connectivity index (χ4v) is 5.19. The van der Waals surface area contributed by atoms with Gasteiger partial charge >= 0.3 is 5.97 Å². The summed E-state index contributed by atoms with van der Waals surface area (Å²) in [7, 11) is 0. The Hall–Kier alpha value is -2.64. The second-order valence-corrected chi connectivity index (χ2v) is 12.1. The van der Waals surface area contributed by atoms with Gasteiger partial charge in [-0.15, -0.1) is 0 Å². The zero-order valence-corrected chi connectivity index (χ0v) is 23.2. The van der Waals surface area contributed by atoms with Gasteiger partial charge in [0.25, 0.3) is 0 Å². The number of anilines is 1. The standard InChI is InChI=1S/C29H46N4O4/c1-28(2,3)27(37)33-19-16-29(4,17-20-33)26(36)32-23(25(34)35)13-9-7-5-6-8-12-22-15-14-21-11-10-18-30-24(21)31-22/h14-15,23H,5-13,16-20H2,1-4H3,(H,30,31)(H,32,36)(H,34,35). The average molecular weight is 515 g/mol. The Labute approximate surface area is 222 Å². The Morgan fingerprint density at radius 1 is 1.11 bits per heavy atom. The highest BCUT2D eigenvalue weighted by Crippen LogP contribution is 2.33. The van der Waals surface area contributed by atoms with Crippen LogP contribution in [0.1, 0.15) is 96.7 Å². The number of nitrogens with zero attached hydrogens (tertiary/aromatic N) is 2. The van der Waals surface area contributed by atoms with E-state index in [-0.39, 0.29) is 11.8 Å². The third-order valence-corrected chi connectivity index (χ3v) is 7.82. The molecule has 0 saturated carbocycles. The minimum Gasteiger partial charge on any atom is -0.480 e. The Morgan fingerprint density at radius 3 is 2.46 bits per heavy atom. The maximum Gasteiger partial charge on any atom is 0.326 e. The van der Waals surface area contributed by atoms with Crippen LogP contribution in [-0.2, 0) is 27.2 Å². The summed E-state index contributed by atoms with van der Waals surface area (Å²) in [6.45, 7) is 9.63. The number of aromatic nitrogens is 1. The van der Waals surface area contributed by atoms with Crippen LogP contribution in [-0.4, -0.2) is 58.5 Å². The lowest BCUT2D eigenvalue weighted by Gasteiger charge is -2.40. The van der Waals surface area contributed by atoms with Crippen LogP contribution in [0, 0.1) is 10.8 Å². The first-order valence-corrected chi connectivity index (χ1v) is 14.1. The number of pyridine rings is 1. The number of unbranched alkanes of at least 4 members (excludes halogenated alkanes) is 4. The van der Waals surface area contributed by atoms with Crippen molar-refractivity contribution in [2.45, 2.75) is 104 Å². The molecule has 2 aliphatic heterocycles. The van der Waals surface area contributed by atoms with Gasteiger partial charge in [-0.1, -0.05) is 59.4 Å². The lowest BCUT2D eigenvalue weighted by molar-refractivity contribution is -0.147. The van der Waals surface area contributed by atoms with Gasteiger partial charge in [0, 0.05) is 36.2 Å². The summed E-state index contributed by atoms with van der Waals surface area (Å²) in [4.78, 5) is 44.0. The largest absolute Gasteiger partial charge is 0.480 e. The number of carboxylic acid groups (broad SMARTS) is 1. The number of likely N-dealkylation sites (tertiary alicyclic amines) is 1. The molecule has 2 aliphatic rings. The van der Waals surface area contributed by atoms with E-state index in [9.17, 15) is 19.5 Å². The molecule has 8 heteroatoms.